The lowest BCUT2D eigenvalue weighted by atomic mass is 9.82. The third-order valence-corrected chi connectivity index (χ3v) is 4.16. The quantitative estimate of drug-likeness (QED) is 0.828. The van der Waals surface area contributed by atoms with E-state index in [4.69, 9.17) is 9.97 Å². The monoisotopic (exact) mass is 275 g/mol. The fourth-order valence-corrected chi connectivity index (χ4v) is 3.10. The molecule has 1 N–H and O–H groups in total. The molecule has 1 aromatic heterocycles. The fourth-order valence-electron chi connectivity index (χ4n) is 3.10. The summed E-state index contributed by atoms with van der Waals surface area (Å²) in [6, 6.07) is 2.13. The summed E-state index contributed by atoms with van der Waals surface area (Å²) in [7, 11) is 0. The minimum absolute atomic E-state index is 0.567. The first-order valence-electron chi connectivity index (χ1n) is 8.34. The number of nitrogens with zero attached hydrogens (tertiary/aromatic N) is 2. The molecule has 1 aliphatic rings. The van der Waals surface area contributed by atoms with E-state index in [0.29, 0.717) is 5.92 Å². The molecule has 3 nitrogen and oxygen atoms in total. The van der Waals surface area contributed by atoms with Crippen LogP contribution < -0.4 is 5.32 Å². The molecule has 20 heavy (non-hydrogen) atoms. The van der Waals surface area contributed by atoms with Crippen molar-refractivity contribution in [1.82, 2.24) is 9.97 Å². The van der Waals surface area contributed by atoms with Gasteiger partial charge in [0.15, 0.2) is 0 Å². The highest BCUT2D eigenvalue weighted by Crippen LogP contribution is 2.34. The average Bonchev–Trinajstić information content (AvgIpc) is 2.45. The highest BCUT2D eigenvalue weighted by molar-refractivity contribution is 5.36. The van der Waals surface area contributed by atoms with Crippen LogP contribution in [0.5, 0.6) is 0 Å². The Labute approximate surface area is 123 Å². The molecular formula is C17H29N3. The molecule has 1 heterocycles. The van der Waals surface area contributed by atoms with Crippen molar-refractivity contribution in [3.05, 3.63) is 17.6 Å². The first kappa shape index (κ1) is 15.3. The molecule has 0 saturated heterocycles. The van der Waals surface area contributed by atoms with Crippen LogP contribution in [0.1, 0.15) is 76.7 Å². The third-order valence-electron chi connectivity index (χ3n) is 4.16. The van der Waals surface area contributed by atoms with E-state index in [1.807, 2.05) is 0 Å². The summed E-state index contributed by atoms with van der Waals surface area (Å²) < 4.78 is 0. The predicted molar refractivity (Wildman–Crippen MR) is 85.2 cm³/mol. The van der Waals surface area contributed by atoms with Crippen LogP contribution in [0.3, 0.4) is 0 Å². The normalized spacial score (nSPS) is 22.8. The van der Waals surface area contributed by atoms with Crippen molar-refractivity contribution >= 4 is 5.82 Å². The van der Waals surface area contributed by atoms with Crippen LogP contribution in [0.4, 0.5) is 5.82 Å². The van der Waals surface area contributed by atoms with Gasteiger partial charge in [-0.15, -0.1) is 0 Å². The number of hydrogen-bond acceptors (Lipinski definition) is 3. The van der Waals surface area contributed by atoms with E-state index < -0.39 is 0 Å². The van der Waals surface area contributed by atoms with E-state index in [-0.39, 0.29) is 0 Å². The molecule has 0 bridgehead atoms. The second-order valence-corrected chi connectivity index (χ2v) is 6.25. The summed E-state index contributed by atoms with van der Waals surface area (Å²) in [5.74, 6) is 3.50. The van der Waals surface area contributed by atoms with Crippen LogP contribution in [0, 0.1) is 5.92 Å². The maximum absolute atomic E-state index is 4.84. The van der Waals surface area contributed by atoms with Gasteiger partial charge >= 0.3 is 0 Å². The molecular weight excluding hydrogens is 246 g/mol. The number of anilines is 1. The first-order valence-corrected chi connectivity index (χ1v) is 8.34. The second kappa shape index (κ2) is 7.61. The van der Waals surface area contributed by atoms with Gasteiger partial charge in [0.25, 0.3) is 0 Å². The molecule has 112 valence electrons. The van der Waals surface area contributed by atoms with Gasteiger partial charge in [-0.1, -0.05) is 40.0 Å². The van der Waals surface area contributed by atoms with Crippen LogP contribution >= 0.6 is 0 Å². The van der Waals surface area contributed by atoms with Crippen molar-refractivity contribution in [2.45, 2.75) is 71.6 Å². The molecule has 0 aliphatic heterocycles. The van der Waals surface area contributed by atoms with Gasteiger partial charge in [0.2, 0.25) is 0 Å². The lowest BCUT2D eigenvalue weighted by Crippen LogP contribution is -2.16. The van der Waals surface area contributed by atoms with E-state index >= 15 is 0 Å². The predicted octanol–water partition coefficient (Wildman–Crippen LogP) is 4.54. The topological polar surface area (TPSA) is 37.8 Å². The maximum atomic E-state index is 4.84. The Bertz CT molecular complexity index is 417. The van der Waals surface area contributed by atoms with E-state index in [2.05, 4.69) is 32.2 Å². The zero-order valence-corrected chi connectivity index (χ0v) is 13.3. The summed E-state index contributed by atoms with van der Waals surface area (Å²) >= 11 is 0. The molecule has 1 fully saturated rings. The number of hydrogen-bond donors (Lipinski definition) is 1. The van der Waals surface area contributed by atoms with Crippen LogP contribution in [0.25, 0.3) is 0 Å². The zero-order chi connectivity index (χ0) is 14.4. The number of aromatic nitrogens is 2. The summed E-state index contributed by atoms with van der Waals surface area (Å²) in [5, 5.41) is 3.43. The Kier molecular flexibility index (Phi) is 5.81. The zero-order valence-electron chi connectivity index (χ0n) is 13.3. The van der Waals surface area contributed by atoms with E-state index in [1.165, 1.54) is 31.4 Å². The molecule has 0 radical (unpaired) electrons. The molecule has 1 saturated carbocycles. The van der Waals surface area contributed by atoms with Gasteiger partial charge in [0.05, 0.1) is 0 Å². The lowest BCUT2D eigenvalue weighted by molar-refractivity contribution is 0.335. The van der Waals surface area contributed by atoms with Crippen LogP contribution in [-0.2, 0) is 6.42 Å². The van der Waals surface area contributed by atoms with Gasteiger partial charge in [-0.3, -0.25) is 0 Å². The number of rotatable bonds is 6. The summed E-state index contributed by atoms with van der Waals surface area (Å²) in [4.78, 5) is 9.63. The molecule has 1 aliphatic carbocycles. The Balaban J connectivity index is 2.18. The Morgan fingerprint density at radius 1 is 1.20 bits per heavy atom. The second-order valence-electron chi connectivity index (χ2n) is 6.25. The molecule has 3 heteroatoms. The highest BCUT2D eigenvalue weighted by Gasteiger charge is 2.23. The minimum atomic E-state index is 0.567. The van der Waals surface area contributed by atoms with Crippen molar-refractivity contribution in [2.24, 2.45) is 5.92 Å². The van der Waals surface area contributed by atoms with Crippen molar-refractivity contribution in [2.75, 3.05) is 11.9 Å². The smallest absolute Gasteiger partial charge is 0.134 e. The van der Waals surface area contributed by atoms with E-state index in [1.54, 1.807) is 0 Å². The molecule has 0 aromatic carbocycles. The third kappa shape index (κ3) is 4.19. The molecule has 0 spiro atoms. The van der Waals surface area contributed by atoms with E-state index in [9.17, 15) is 0 Å². The molecule has 1 aromatic rings. The SMILES string of the molecule is CCCNc1cc(CCC)nc(C2CCCC(C)C2)n1. The highest BCUT2D eigenvalue weighted by atomic mass is 15.0. The fraction of sp³-hybridized carbons (Fsp3) is 0.765. The Morgan fingerprint density at radius 2 is 2.05 bits per heavy atom. The number of aryl methyl sites for hydroxylation is 1. The standard InChI is InChI=1S/C17H29N3/c1-4-7-15-12-16(18-10-5-2)20-17(19-15)14-9-6-8-13(3)11-14/h12-14H,4-11H2,1-3H3,(H,18,19,20). The molecule has 2 unspecified atom stereocenters. The van der Waals surface area contributed by atoms with Gasteiger partial charge in [-0.05, 0) is 31.6 Å². The first-order chi connectivity index (χ1) is 9.72. The lowest BCUT2D eigenvalue weighted by Gasteiger charge is -2.26. The molecule has 0 amide bonds. The maximum Gasteiger partial charge on any atom is 0.134 e. The van der Waals surface area contributed by atoms with Gasteiger partial charge in [0.1, 0.15) is 11.6 Å². The van der Waals surface area contributed by atoms with Crippen molar-refractivity contribution in [1.29, 1.82) is 0 Å². The summed E-state index contributed by atoms with van der Waals surface area (Å²) in [6.45, 7) is 7.75. The van der Waals surface area contributed by atoms with Gasteiger partial charge in [0, 0.05) is 24.2 Å². The van der Waals surface area contributed by atoms with Crippen LogP contribution in [0.15, 0.2) is 6.07 Å². The van der Waals surface area contributed by atoms with Crippen molar-refractivity contribution in [3.63, 3.8) is 0 Å². The Hall–Kier alpha value is -1.12. The number of nitrogens with one attached hydrogen (secondary N) is 1. The average molecular weight is 275 g/mol. The van der Waals surface area contributed by atoms with Gasteiger partial charge < -0.3 is 5.32 Å². The van der Waals surface area contributed by atoms with Gasteiger partial charge in [-0.25, -0.2) is 9.97 Å². The van der Waals surface area contributed by atoms with Crippen LogP contribution in [-0.4, -0.2) is 16.5 Å². The van der Waals surface area contributed by atoms with Crippen molar-refractivity contribution < 1.29 is 0 Å². The molecule has 2 rings (SSSR count). The van der Waals surface area contributed by atoms with E-state index in [0.717, 1.165) is 43.4 Å². The van der Waals surface area contributed by atoms with Gasteiger partial charge in [-0.2, -0.15) is 0 Å². The summed E-state index contributed by atoms with van der Waals surface area (Å²) in [6.07, 6.45) is 8.53. The summed E-state index contributed by atoms with van der Waals surface area (Å²) in [5.41, 5.74) is 1.20. The Morgan fingerprint density at radius 3 is 2.75 bits per heavy atom. The minimum Gasteiger partial charge on any atom is -0.370 e. The van der Waals surface area contributed by atoms with Crippen LogP contribution in [0.2, 0.25) is 0 Å². The largest absolute Gasteiger partial charge is 0.370 e. The van der Waals surface area contributed by atoms with Crippen molar-refractivity contribution in [3.8, 4) is 0 Å². The molecule has 2 atom stereocenters.